The van der Waals surface area contributed by atoms with Crippen LogP contribution in [0.5, 0.6) is 0 Å². The Kier molecular flexibility index (Phi) is 4.26. The Morgan fingerprint density at radius 1 is 1.24 bits per heavy atom. The van der Waals surface area contributed by atoms with E-state index in [4.69, 9.17) is 16.6 Å². The number of benzene rings is 1. The van der Waals surface area contributed by atoms with E-state index < -0.39 is 0 Å². The van der Waals surface area contributed by atoms with Gasteiger partial charge >= 0.3 is 0 Å². The fraction of sp³-hybridized carbons (Fsp3) is 0.105. The van der Waals surface area contributed by atoms with Crippen molar-refractivity contribution in [3.05, 3.63) is 69.4 Å². The summed E-state index contributed by atoms with van der Waals surface area (Å²) in [5.74, 6) is 1.62. The maximum Gasteiger partial charge on any atom is 0.268 e. The predicted molar refractivity (Wildman–Crippen MR) is 114 cm³/mol. The maximum absolute atomic E-state index is 13.3. The number of fused-ring (bicyclic) bond motifs is 2. The lowest BCUT2D eigenvalue weighted by atomic mass is 10.2. The lowest BCUT2D eigenvalue weighted by Crippen LogP contribution is -2.28. The lowest BCUT2D eigenvalue weighted by Gasteiger charge is -2.19. The van der Waals surface area contributed by atoms with Crippen LogP contribution >= 0.6 is 22.9 Å². The van der Waals surface area contributed by atoms with Gasteiger partial charge in [-0.15, -0.1) is 11.3 Å². The Morgan fingerprint density at radius 2 is 2.14 bits per heavy atom. The molecule has 1 atom stereocenters. The van der Waals surface area contributed by atoms with Crippen LogP contribution in [0.2, 0.25) is 5.02 Å². The molecule has 29 heavy (non-hydrogen) atoms. The highest BCUT2D eigenvalue weighted by Gasteiger charge is 2.21. The molecule has 1 aromatic carbocycles. The zero-order valence-electron chi connectivity index (χ0n) is 15.1. The van der Waals surface area contributed by atoms with E-state index in [9.17, 15) is 4.79 Å². The number of hydrogen-bond acceptors (Lipinski definition) is 7. The molecule has 10 heteroatoms. The van der Waals surface area contributed by atoms with E-state index in [1.165, 1.54) is 10.9 Å². The summed E-state index contributed by atoms with van der Waals surface area (Å²) in [6, 6.07) is 8.55. The van der Waals surface area contributed by atoms with Crippen molar-refractivity contribution in [2.45, 2.75) is 13.0 Å². The molecule has 0 amide bonds. The van der Waals surface area contributed by atoms with Gasteiger partial charge in [-0.05, 0) is 30.5 Å². The molecule has 144 valence electrons. The normalized spacial score (nSPS) is 12.5. The van der Waals surface area contributed by atoms with Gasteiger partial charge in [-0.1, -0.05) is 17.7 Å². The summed E-state index contributed by atoms with van der Waals surface area (Å²) in [6.45, 7) is 1.92. The number of rotatable bonds is 4. The highest BCUT2D eigenvalue weighted by molar-refractivity contribution is 7.16. The smallest absolute Gasteiger partial charge is 0.268 e. The van der Waals surface area contributed by atoms with Crippen molar-refractivity contribution in [1.29, 1.82) is 0 Å². The first kappa shape index (κ1) is 17.8. The van der Waals surface area contributed by atoms with E-state index >= 15 is 0 Å². The quantitative estimate of drug-likeness (QED) is 0.454. The fourth-order valence-electron chi connectivity index (χ4n) is 3.27. The van der Waals surface area contributed by atoms with Gasteiger partial charge in [0.15, 0.2) is 5.82 Å². The van der Waals surface area contributed by atoms with Crippen LogP contribution in [-0.2, 0) is 0 Å². The van der Waals surface area contributed by atoms with E-state index in [-0.39, 0.29) is 11.6 Å². The van der Waals surface area contributed by atoms with Gasteiger partial charge in [0.05, 0.1) is 27.4 Å². The third-order valence-corrected chi connectivity index (χ3v) is 5.73. The van der Waals surface area contributed by atoms with Crippen molar-refractivity contribution in [2.75, 3.05) is 5.32 Å². The largest absolute Gasteiger partial charge is 0.360 e. The lowest BCUT2D eigenvalue weighted by molar-refractivity contribution is 0.720. The van der Waals surface area contributed by atoms with Crippen LogP contribution in [-0.4, -0.2) is 29.7 Å². The molecule has 1 unspecified atom stereocenters. The number of thiophene rings is 1. The summed E-state index contributed by atoms with van der Waals surface area (Å²) in [7, 11) is 0. The number of nitrogens with zero attached hydrogens (tertiary/aromatic N) is 5. The number of hydrogen-bond donors (Lipinski definition) is 2. The molecule has 0 saturated carbocycles. The van der Waals surface area contributed by atoms with Gasteiger partial charge in [0.2, 0.25) is 0 Å². The predicted octanol–water partition coefficient (Wildman–Crippen LogP) is 3.94. The van der Waals surface area contributed by atoms with Crippen molar-refractivity contribution >= 4 is 49.9 Å². The highest BCUT2D eigenvalue weighted by Crippen LogP contribution is 2.28. The minimum atomic E-state index is -0.346. The summed E-state index contributed by atoms with van der Waals surface area (Å²) in [5.41, 5.74) is 0.251. The van der Waals surface area contributed by atoms with Crippen LogP contribution in [0.15, 0.2) is 53.0 Å². The first-order chi connectivity index (χ1) is 14.1. The monoisotopic (exact) mass is 423 g/mol. The van der Waals surface area contributed by atoms with E-state index in [0.29, 0.717) is 33.4 Å². The number of halogens is 1. The van der Waals surface area contributed by atoms with Crippen LogP contribution in [0, 0.1) is 0 Å². The number of H-pyrrole nitrogens is 1. The van der Waals surface area contributed by atoms with Crippen LogP contribution < -0.4 is 10.9 Å². The average molecular weight is 424 g/mol. The maximum atomic E-state index is 13.3. The molecule has 5 rings (SSSR count). The SMILES string of the molecule is CC(Nc1ncnc2sccc12)c1nc2cccc(Cl)c2c(=O)n1-c1cc[nH]n1. The molecule has 0 fully saturated rings. The number of nitrogens with one attached hydrogen (secondary N) is 2. The number of aromatic nitrogens is 6. The molecule has 5 aromatic rings. The molecule has 2 N–H and O–H groups in total. The van der Waals surface area contributed by atoms with Crippen molar-refractivity contribution in [2.24, 2.45) is 0 Å². The third-order valence-electron chi connectivity index (χ3n) is 4.59. The van der Waals surface area contributed by atoms with Crippen molar-refractivity contribution in [3.8, 4) is 5.82 Å². The van der Waals surface area contributed by atoms with E-state index in [2.05, 4.69) is 25.5 Å². The molecule has 8 nitrogen and oxygen atoms in total. The highest BCUT2D eigenvalue weighted by atomic mass is 35.5. The first-order valence-corrected chi connectivity index (χ1v) is 10.1. The van der Waals surface area contributed by atoms with Gasteiger partial charge < -0.3 is 5.32 Å². The molecular formula is C19H14ClN7OS. The average Bonchev–Trinajstić information content (AvgIpc) is 3.40. The van der Waals surface area contributed by atoms with Gasteiger partial charge in [0.25, 0.3) is 5.56 Å². The summed E-state index contributed by atoms with van der Waals surface area (Å²) in [4.78, 5) is 27.6. The van der Waals surface area contributed by atoms with E-state index in [1.807, 2.05) is 18.4 Å². The summed E-state index contributed by atoms with van der Waals surface area (Å²) >= 11 is 7.84. The second-order valence-electron chi connectivity index (χ2n) is 6.40. The van der Waals surface area contributed by atoms with Gasteiger partial charge in [0.1, 0.15) is 22.8 Å². The molecule has 0 aliphatic heterocycles. The second-order valence-corrected chi connectivity index (χ2v) is 7.71. The van der Waals surface area contributed by atoms with Crippen molar-refractivity contribution in [3.63, 3.8) is 0 Å². The van der Waals surface area contributed by atoms with Crippen molar-refractivity contribution < 1.29 is 0 Å². The minimum Gasteiger partial charge on any atom is -0.360 e. The summed E-state index contributed by atoms with van der Waals surface area (Å²) in [6.07, 6.45) is 3.17. The molecule has 0 radical (unpaired) electrons. The third kappa shape index (κ3) is 2.95. The fourth-order valence-corrected chi connectivity index (χ4v) is 4.25. The van der Waals surface area contributed by atoms with Crippen molar-refractivity contribution in [1.82, 2.24) is 29.7 Å². The molecule has 4 aromatic heterocycles. The van der Waals surface area contributed by atoms with E-state index in [0.717, 1.165) is 10.2 Å². The Labute approximate surface area is 173 Å². The molecule has 0 bridgehead atoms. The summed E-state index contributed by atoms with van der Waals surface area (Å²) in [5, 5.41) is 13.9. The van der Waals surface area contributed by atoms with Crippen LogP contribution in [0.25, 0.3) is 26.9 Å². The molecule has 0 aliphatic carbocycles. The topological polar surface area (TPSA) is 101 Å². The zero-order chi connectivity index (χ0) is 20.0. The van der Waals surface area contributed by atoms with Crippen LogP contribution in [0.4, 0.5) is 5.82 Å². The van der Waals surface area contributed by atoms with Gasteiger partial charge in [-0.25, -0.2) is 19.5 Å². The number of anilines is 1. The molecular weight excluding hydrogens is 410 g/mol. The minimum absolute atomic E-state index is 0.278. The molecule has 0 aliphatic rings. The van der Waals surface area contributed by atoms with Crippen LogP contribution in [0.3, 0.4) is 0 Å². The first-order valence-electron chi connectivity index (χ1n) is 8.79. The molecule has 4 heterocycles. The standard InChI is InChI=1S/C19H14ClN7OS/c1-10(24-16-11-6-8-29-18(11)22-9-21-16)17-25-13-4-2-3-12(20)15(13)19(28)27(17)14-5-7-23-26-14/h2-10H,1H3,(H,23,26)(H,21,22,24). The Morgan fingerprint density at radius 3 is 2.97 bits per heavy atom. The number of aromatic amines is 1. The molecule has 0 spiro atoms. The van der Waals surface area contributed by atoms with Gasteiger partial charge in [0, 0.05) is 12.3 Å². The molecule has 0 saturated heterocycles. The zero-order valence-corrected chi connectivity index (χ0v) is 16.7. The second kappa shape index (κ2) is 6.94. The van der Waals surface area contributed by atoms with E-state index in [1.54, 1.807) is 41.8 Å². The van der Waals surface area contributed by atoms with Gasteiger partial charge in [-0.3, -0.25) is 9.89 Å². The van der Waals surface area contributed by atoms with Gasteiger partial charge in [-0.2, -0.15) is 5.10 Å². The Bertz CT molecular complexity index is 1390. The van der Waals surface area contributed by atoms with Crippen LogP contribution in [0.1, 0.15) is 18.8 Å². The Hall–Kier alpha value is -3.30. The summed E-state index contributed by atoms with van der Waals surface area (Å²) < 4.78 is 1.47. The Balaban J connectivity index is 1.70.